The summed E-state index contributed by atoms with van der Waals surface area (Å²) in [7, 11) is 1.88. The fraction of sp³-hybridized carbons (Fsp3) is 0.391. The molecule has 29 heavy (non-hydrogen) atoms. The molecule has 0 unspecified atom stereocenters. The molecule has 2 aromatic rings. The van der Waals surface area contributed by atoms with Gasteiger partial charge in [0, 0.05) is 0 Å². The first-order chi connectivity index (χ1) is 14.0. The van der Waals surface area contributed by atoms with Gasteiger partial charge in [-0.2, -0.15) is 5.26 Å². The summed E-state index contributed by atoms with van der Waals surface area (Å²) in [4.78, 5) is 13.6. The molecule has 6 heteroatoms. The predicted octanol–water partition coefficient (Wildman–Crippen LogP) is 3.75. The molecular weight excluding hydrogens is 371 g/mol. The first kappa shape index (κ1) is 21.0. The molecule has 0 aromatic heterocycles. The fourth-order valence-corrected chi connectivity index (χ4v) is 3.87. The van der Waals surface area contributed by atoms with Gasteiger partial charge in [0.1, 0.15) is 11.4 Å². The van der Waals surface area contributed by atoms with Crippen LogP contribution < -0.4 is 0 Å². The van der Waals surface area contributed by atoms with Crippen molar-refractivity contribution in [2.24, 2.45) is 0 Å². The molecule has 1 heterocycles. The van der Waals surface area contributed by atoms with Gasteiger partial charge in [0.25, 0.3) is 0 Å². The minimum absolute atomic E-state index is 0.236. The number of likely N-dealkylation sites (N-methyl/N-ethyl adjacent to an activating group) is 1. The van der Waals surface area contributed by atoms with Crippen LogP contribution >= 0.6 is 0 Å². The molecule has 0 radical (unpaired) electrons. The Hall–Kier alpha value is -2.75. The number of rotatable bonds is 8. The van der Waals surface area contributed by atoms with Gasteiger partial charge in [-0.05, 0) is 74.3 Å². The van der Waals surface area contributed by atoms with E-state index in [9.17, 15) is 14.4 Å². The molecule has 0 saturated carbocycles. The lowest BCUT2D eigenvalue weighted by Gasteiger charge is -2.31. The lowest BCUT2D eigenvalue weighted by Crippen LogP contribution is -2.31. The van der Waals surface area contributed by atoms with Crippen LogP contribution in [0.2, 0.25) is 0 Å². The molecule has 0 N–H and O–H groups in total. The lowest BCUT2D eigenvalue weighted by molar-refractivity contribution is -0.144. The van der Waals surface area contributed by atoms with Crippen LogP contribution in [-0.2, 0) is 26.5 Å². The van der Waals surface area contributed by atoms with E-state index in [2.05, 4.69) is 6.07 Å². The standard InChI is InChI=1S/C23H25FN2O3/c1-3-28-22(27)15-26(2)12-4-11-23(19-6-8-20(24)9-7-19)21-10-5-17(14-25)13-18(21)16-29-23/h5-10,13H,3-4,11-12,15-16H2,1-2H3/t23-/m0/s1. The Balaban J connectivity index is 1.81. The van der Waals surface area contributed by atoms with Gasteiger partial charge >= 0.3 is 5.97 Å². The van der Waals surface area contributed by atoms with E-state index < -0.39 is 5.60 Å². The topological polar surface area (TPSA) is 62.6 Å². The Bertz CT molecular complexity index is 907. The molecule has 1 aliphatic rings. The molecular formula is C23H25FN2O3. The molecule has 0 amide bonds. The van der Waals surface area contributed by atoms with Crippen molar-refractivity contribution < 1.29 is 18.7 Å². The number of hydrogen-bond donors (Lipinski definition) is 0. The zero-order chi connectivity index (χ0) is 20.9. The smallest absolute Gasteiger partial charge is 0.320 e. The Morgan fingerprint density at radius 3 is 2.76 bits per heavy atom. The average Bonchev–Trinajstić information content (AvgIpc) is 3.07. The number of ether oxygens (including phenoxy) is 2. The lowest BCUT2D eigenvalue weighted by atomic mass is 9.81. The van der Waals surface area contributed by atoms with Gasteiger partial charge in [-0.1, -0.05) is 18.2 Å². The number of hydrogen-bond acceptors (Lipinski definition) is 5. The number of esters is 1. The highest BCUT2D eigenvalue weighted by atomic mass is 19.1. The van der Waals surface area contributed by atoms with E-state index >= 15 is 0 Å². The molecule has 0 spiro atoms. The van der Waals surface area contributed by atoms with Crippen molar-refractivity contribution in [3.8, 4) is 6.07 Å². The number of nitriles is 1. The SMILES string of the molecule is CCOC(=O)CN(C)CCC[C@@]1(c2ccc(F)cc2)OCc2cc(C#N)ccc21. The Morgan fingerprint density at radius 1 is 1.31 bits per heavy atom. The van der Waals surface area contributed by atoms with Gasteiger partial charge in [0.05, 0.1) is 31.4 Å². The van der Waals surface area contributed by atoms with Gasteiger partial charge in [0.2, 0.25) is 0 Å². The summed E-state index contributed by atoms with van der Waals surface area (Å²) < 4.78 is 24.8. The van der Waals surface area contributed by atoms with Crippen molar-refractivity contribution >= 4 is 5.97 Å². The summed E-state index contributed by atoms with van der Waals surface area (Å²) >= 11 is 0. The molecule has 1 aliphatic heterocycles. The second-order valence-electron chi connectivity index (χ2n) is 7.25. The van der Waals surface area contributed by atoms with Gasteiger partial charge < -0.3 is 9.47 Å². The van der Waals surface area contributed by atoms with E-state index in [0.717, 1.165) is 23.1 Å². The van der Waals surface area contributed by atoms with Crippen molar-refractivity contribution in [3.63, 3.8) is 0 Å². The molecule has 1 atom stereocenters. The first-order valence-electron chi connectivity index (χ1n) is 9.76. The third-order valence-corrected chi connectivity index (χ3v) is 5.23. The maximum absolute atomic E-state index is 13.5. The zero-order valence-corrected chi connectivity index (χ0v) is 16.8. The van der Waals surface area contributed by atoms with E-state index in [1.807, 2.05) is 24.1 Å². The minimum atomic E-state index is -0.693. The van der Waals surface area contributed by atoms with E-state index in [1.54, 1.807) is 25.1 Å². The van der Waals surface area contributed by atoms with E-state index in [-0.39, 0.29) is 18.3 Å². The number of carbonyl (C=O) groups excluding carboxylic acids is 1. The quantitative estimate of drug-likeness (QED) is 0.636. The highest BCUT2D eigenvalue weighted by Crippen LogP contribution is 2.45. The monoisotopic (exact) mass is 396 g/mol. The van der Waals surface area contributed by atoms with Crippen LogP contribution in [0.5, 0.6) is 0 Å². The number of fused-ring (bicyclic) bond motifs is 1. The number of halogens is 1. The zero-order valence-electron chi connectivity index (χ0n) is 16.8. The average molecular weight is 396 g/mol. The summed E-state index contributed by atoms with van der Waals surface area (Å²) in [6.45, 7) is 3.49. The molecule has 0 aliphatic carbocycles. The van der Waals surface area contributed by atoms with Crippen LogP contribution in [0.4, 0.5) is 4.39 Å². The number of benzene rings is 2. The summed E-state index contributed by atoms with van der Waals surface area (Å²) in [6.07, 6.45) is 1.44. The van der Waals surface area contributed by atoms with E-state index in [0.29, 0.717) is 31.7 Å². The third-order valence-electron chi connectivity index (χ3n) is 5.23. The van der Waals surface area contributed by atoms with Crippen molar-refractivity contribution in [1.82, 2.24) is 4.90 Å². The van der Waals surface area contributed by atoms with Crippen LogP contribution in [0.25, 0.3) is 0 Å². The number of nitrogens with zero attached hydrogens (tertiary/aromatic N) is 2. The summed E-state index contributed by atoms with van der Waals surface area (Å²) in [5.41, 5.74) is 2.78. The van der Waals surface area contributed by atoms with Gasteiger partial charge in [-0.3, -0.25) is 9.69 Å². The van der Waals surface area contributed by atoms with Gasteiger partial charge in [0.15, 0.2) is 0 Å². The highest BCUT2D eigenvalue weighted by molar-refractivity contribution is 5.71. The third kappa shape index (κ3) is 4.64. The van der Waals surface area contributed by atoms with Crippen LogP contribution in [0, 0.1) is 17.1 Å². The summed E-state index contributed by atoms with van der Waals surface area (Å²) in [5.74, 6) is -0.536. The molecule has 152 valence electrons. The molecule has 3 rings (SSSR count). The molecule has 0 fully saturated rings. The second kappa shape index (κ2) is 9.17. The normalized spacial score (nSPS) is 17.8. The maximum Gasteiger partial charge on any atom is 0.320 e. The Kier molecular flexibility index (Phi) is 6.63. The van der Waals surface area contributed by atoms with Crippen molar-refractivity contribution in [2.75, 3.05) is 26.7 Å². The molecule has 2 aromatic carbocycles. The number of carbonyl (C=O) groups is 1. The Labute approximate surface area is 170 Å². The summed E-state index contributed by atoms with van der Waals surface area (Å²) in [6, 6.07) is 14.1. The molecule has 5 nitrogen and oxygen atoms in total. The van der Waals surface area contributed by atoms with Crippen LogP contribution in [-0.4, -0.2) is 37.6 Å². The molecule has 0 bridgehead atoms. The first-order valence-corrected chi connectivity index (χ1v) is 9.76. The molecule has 0 saturated heterocycles. The summed E-state index contributed by atoms with van der Waals surface area (Å²) in [5, 5.41) is 9.18. The minimum Gasteiger partial charge on any atom is -0.465 e. The fourth-order valence-electron chi connectivity index (χ4n) is 3.87. The van der Waals surface area contributed by atoms with Crippen LogP contribution in [0.3, 0.4) is 0 Å². The van der Waals surface area contributed by atoms with Crippen LogP contribution in [0.1, 0.15) is 42.0 Å². The van der Waals surface area contributed by atoms with Crippen molar-refractivity contribution in [2.45, 2.75) is 32.0 Å². The second-order valence-corrected chi connectivity index (χ2v) is 7.25. The van der Waals surface area contributed by atoms with Gasteiger partial charge in [-0.25, -0.2) is 4.39 Å². The Morgan fingerprint density at radius 2 is 2.07 bits per heavy atom. The van der Waals surface area contributed by atoms with Crippen LogP contribution in [0.15, 0.2) is 42.5 Å². The van der Waals surface area contributed by atoms with Crippen molar-refractivity contribution in [1.29, 1.82) is 5.26 Å². The predicted molar refractivity (Wildman–Crippen MR) is 106 cm³/mol. The van der Waals surface area contributed by atoms with Gasteiger partial charge in [-0.15, -0.1) is 0 Å². The van der Waals surface area contributed by atoms with E-state index in [1.165, 1.54) is 12.1 Å². The largest absolute Gasteiger partial charge is 0.465 e. The maximum atomic E-state index is 13.5. The van der Waals surface area contributed by atoms with Crippen molar-refractivity contribution in [3.05, 3.63) is 70.5 Å². The van der Waals surface area contributed by atoms with E-state index in [4.69, 9.17) is 9.47 Å². The highest BCUT2D eigenvalue weighted by Gasteiger charge is 2.41.